The van der Waals surface area contributed by atoms with Gasteiger partial charge in [0.25, 0.3) is 10.0 Å². The van der Waals surface area contributed by atoms with Crippen LogP contribution in [0.3, 0.4) is 0 Å². The number of nitrogens with one attached hydrogen (secondary N) is 3. The van der Waals surface area contributed by atoms with Crippen molar-refractivity contribution in [1.82, 2.24) is 15.4 Å². The van der Waals surface area contributed by atoms with E-state index in [2.05, 4.69) is 20.3 Å². The van der Waals surface area contributed by atoms with Gasteiger partial charge in [-0.15, -0.1) is 12.4 Å². The Bertz CT molecular complexity index is 777. The molecule has 1 fully saturated rings. The van der Waals surface area contributed by atoms with Gasteiger partial charge in [0.1, 0.15) is 5.84 Å². The minimum Gasteiger partial charge on any atom is -0.352 e. The number of hydrogen-bond acceptors (Lipinski definition) is 5. The molecule has 3 rings (SSSR count). The van der Waals surface area contributed by atoms with E-state index in [1.165, 1.54) is 0 Å². The number of piperidine rings is 1. The first-order valence-corrected chi connectivity index (χ1v) is 10.7. The average Bonchev–Trinajstić information content (AvgIpc) is 2.90. The van der Waals surface area contributed by atoms with Crippen LogP contribution in [0.25, 0.3) is 0 Å². The van der Waals surface area contributed by atoms with Crippen molar-refractivity contribution in [2.24, 2.45) is 4.99 Å². The van der Waals surface area contributed by atoms with Gasteiger partial charge in [0, 0.05) is 31.1 Å². The SMILES string of the molecule is Cl.O=C(CCCCCN=C1NS(=O)(=O)c2ccccc21)NC1CCCNC1. The van der Waals surface area contributed by atoms with E-state index < -0.39 is 10.0 Å². The number of rotatable bonds is 7. The highest BCUT2D eigenvalue weighted by Crippen LogP contribution is 2.22. The van der Waals surface area contributed by atoms with Crippen LogP contribution in [0.4, 0.5) is 0 Å². The van der Waals surface area contributed by atoms with Crippen LogP contribution in [0.2, 0.25) is 0 Å². The van der Waals surface area contributed by atoms with Crippen LogP contribution in [-0.4, -0.2) is 45.8 Å². The van der Waals surface area contributed by atoms with Crippen LogP contribution >= 0.6 is 12.4 Å². The third kappa shape index (κ3) is 5.92. The van der Waals surface area contributed by atoms with Crippen LogP contribution in [0, 0.1) is 0 Å². The highest BCUT2D eigenvalue weighted by Gasteiger charge is 2.29. The third-order valence-electron chi connectivity index (χ3n) is 4.66. The summed E-state index contributed by atoms with van der Waals surface area (Å²) in [6.07, 6.45) is 5.22. The molecule has 1 aromatic rings. The zero-order chi connectivity index (χ0) is 18.4. The summed E-state index contributed by atoms with van der Waals surface area (Å²) in [5, 5.41) is 6.35. The Labute approximate surface area is 166 Å². The van der Waals surface area contributed by atoms with Gasteiger partial charge in [0.15, 0.2) is 0 Å². The molecule has 1 atom stereocenters. The largest absolute Gasteiger partial charge is 0.352 e. The number of carbonyl (C=O) groups excluding carboxylic acids is 1. The van der Waals surface area contributed by atoms with Gasteiger partial charge in [-0.1, -0.05) is 18.6 Å². The lowest BCUT2D eigenvalue weighted by atomic mass is 10.1. The van der Waals surface area contributed by atoms with Crippen molar-refractivity contribution in [3.8, 4) is 0 Å². The first-order chi connectivity index (χ1) is 12.6. The predicted octanol–water partition coefficient (Wildman–Crippen LogP) is 1.58. The molecule has 2 aliphatic rings. The molecule has 0 radical (unpaired) electrons. The average molecular weight is 415 g/mol. The molecule has 3 N–H and O–H groups in total. The van der Waals surface area contributed by atoms with E-state index in [0.29, 0.717) is 24.4 Å². The summed E-state index contributed by atoms with van der Waals surface area (Å²) >= 11 is 0. The topological polar surface area (TPSA) is 99.7 Å². The molecule has 150 valence electrons. The molecule has 1 saturated heterocycles. The lowest BCUT2D eigenvalue weighted by Gasteiger charge is -2.23. The van der Waals surface area contributed by atoms with E-state index in [-0.39, 0.29) is 29.3 Å². The number of aliphatic imine (C=N–C) groups is 1. The van der Waals surface area contributed by atoms with Crippen molar-refractivity contribution in [1.29, 1.82) is 0 Å². The van der Waals surface area contributed by atoms with Crippen molar-refractivity contribution in [3.05, 3.63) is 29.8 Å². The van der Waals surface area contributed by atoms with E-state index in [0.717, 1.165) is 45.2 Å². The Morgan fingerprint density at radius 1 is 1.22 bits per heavy atom. The minimum absolute atomic E-state index is 0. The Kier molecular flexibility index (Phi) is 8.07. The summed E-state index contributed by atoms with van der Waals surface area (Å²) in [6.45, 7) is 2.44. The minimum atomic E-state index is -3.47. The predicted molar refractivity (Wildman–Crippen MR) is 108 cm³/mol. The molecule has 1 unspecified atom stereocenters. The molecular formula is C18H27ClN4O3S. The Morgan fingerprint density at radius 2 is 2.04 bits per heavy atom. The Balaban J connectivity index is 0.00000261. The Hall–Kier alpha value is -1.64. The molecule has 0 aromatic heterocycles. The van der Waals surface area contributed by atoms with Crippen LogP contribution in [-0.2, 0) is 14.8 Å². The lowest BCUT2D eigenvalue weighted by Crippen LogP contribution is -2.45. The van der Waals surface area contributed by atoms with Gasteiger partial charge in [-0.25, -0.2) is 8.42 Å². The quantitative estimate of drug-likeness (QED) is 0.589. The summed E-state index contributed by atoms with van der Waals surface area (Å²) < 4.78 is 26.5. The molecule has 1 aromatic carbocycles. The zero-order valence-electron chi connectivity index (χ0n) is 15.2. The third-order valence-corrected chi connectivity index (χ3v) is 6.05. The summed E-state index contributed by atoms with van der Waals surface area (Å²) in [6, 6.07) is 7.11. The van der Waals surface area contributed by atoms with E-state index in [9.17, 15) is 13.2 Å². The van der Waals surface area contributed by atoms with Gasteiger partial charge in [0.2, 0.25) is 5.91 Å². The first-order valence-electron chi connectivity index (χ1n) is 9.23. The maximum atomic E-state index is 12.0. The van der Waals surface area contributed by atoms with Gasteiger partial charge < -0.3 is 10.6 Å². The summed E-state index contributed by atoms with van der Waals surface area (Å²) in [7, 11) is -3.47. The molecule has 0 saturated carbocycles. The van der Waals surface area contributed by atoms with Gasteiger partial charge in [-0.2, -0.15) is 0 Å². The number of sulfonamides is 1. The first kappa shape index (κ1) is 21.7. The monoisotopic (exact) mass is 414 g/mol. The van der Waals surface area contributed by atoms with Gasteiger partial charge >= 0.3 is 0 Å². The maximum absolute atomic E-state index is 12.0. The molecule has 9 heteroatoms. The molecule has 1 amide bonds. The maximum Gasteiger partial charge on any atom is 0.263 e. The second kappa shape index (κ2) is 10.1. The van der Waals surface area contributed by atoms with E-state index >= 15 is 0 Å². The molecule has 2 aliphatic heterocycles. The van der Waals surface area contributed by atoms with Crippen LogP contribution < -0.4 is 15.4 Å². The highest BCUT2D eigenvalue weighted by atomic mass is 35.5. The molecule has 27 heavy (non-hydrogen) atoms. The standard InChI is InChI=1S/C18H26N4O3S.ClH/c23-17(21-14-7-6-11-19-13-14)10-2-1-5-12-20-18-15-8-3-4-9-16(15)26(24,25)22-18;/h3-4,8-9,14,19H,1-2,5-7,10-13H2,(H,20,22)(H,21,23);1H. The van der Waals surface area contributed by atoms with Crippen molar-refractivity contribution in [3.63, 3.8) is 0 Å². The smallest absolute Gasteiger partial charge is 0.263 e. The summed E-state index contributed by atoms with van der Waals surface area (Å²) in [4.78, 5) is 16.6. The number of benzene rings is 1. The van der Waals surface area contributed by atoms with Crippen LogP contribution in [0.5, 0.6) is 0 Å². The Morgan fingerprint density at radius 3 is 2.81 bits per heavy atom. The van der Waals surface area contributed by atoms with Gasteiger partial charge in [-0.3, -0.25) is 14.5 Å². The molecule has 0 bridgehead atoms. The molecule has 0 spiro atoms. The number of amidine groups is 1. The van der Waals surface area contributed by atoms with Gasteiger partial charge in [0.05, 0.1) is 4.90 Å². The second-order valence-electron chi connectivity index (χ2n) is 6.75. The van der Waals surface area contributed by atoms with E-state index in [1.54, 1.807) is 24.3 Å². The molecule has 7 nitrogen and oxygen atoms in total. The van der Waals surface area contributed by atoms with Crippen molar-refractivity contribution in [2.45, 2.75) is 49.5 Å². The van der Waals surface area contributed by atoms with Crippen molar-refractivity contribution < 1.29 is 13.2 Å². The number of fused-ring (bicyclic) bond motifs is 1. The number of carbonyl (C=O) groups is 1. The number of hydrogen-bond donors (Lipinski definition) is 3. The fourth-order valence-corrected chi connectivity index (χ4v) is 4.54. The van der Waals surface area contributed by atoms with Crippen molar-refractivity contribution >= 4 is 34.2 Å². The normalized spacial score (nSPS) is 21.8. The molecule has 2 heterocycles. The molecular weight excluding hydrogens is 388 g/mol. The molecule has 0 aliphatic carbocycles. The van der Waals surface area contributed by atoms with E-state index in [4.69, 9.17) is 0 Å². The number of halogens is 1. The lowest BCUT2D eigenvalue weighted by molar-refractivity contribution is -0.122. The summed E-state index contributed by atoms with van der Waals surface area (Å²) in [5.74, 6) is 0.533. The number of amides is 1. The van der Waals surface area contributed by atoms with Gasteiger partial charge in [-0.05, 0) is 44.4 Å². The summed E-state index contributed by atoms with van der Waals surface area (Å²) in [5.41, 5.74) is 0.632. The fourth-order valence-electron chi connectivity index (χ4n) is 3.29. The fraction of sp³-hybridized carbons (Fsp3) is 0.556. The van der Waals surface area contributed by atoms with Crippen molar-refractivity contribution in [2.75, 3.05) is 19.6 Å². The highest BCUT2D eigenvalue weighted by molar-refractivity contribution is 7.90. The number of nitrogens with zero attached hydrogens (tertiary/aromatic N) is 1. The number of unbranched alkanes of at least 4 members (excludes halogenated alkanes) is 2. The zero-order valence-corrected chi connectivity index (χ0v) is 16.9. The second-order valence-corrected chi connectivity index (χ2v) is 8.40. The van der Waals surface area contributed by atoms with Crippen LogP contribution in [0.15, 0.2) is 34.2 Å². The van der Waals surface area contributed by atoms with E-state index in [1.807, 2.05) is 0 Å². The van der Waals surface area contributed by atoms with Crippen LogP contribution in [0.1, 0.15) is 44.1 Å².